The van der Waals surface area contributed by atoms with Crippen LogP contribution in [0.4, 0.5) is 0 Å². The molecule has 1 fully saturated rings. The van der Waals surface area contributed by atoms with Crippen LogP contribution < -0.4 is 0 Å². The van der Waals surface area contributed by atoms with E-state index in [0.29, 0.717) is 30.8 Å². The van der Waals surface area contributed by atoms with Crippen LogP contribution in [0.25, 0.3) is 0 Å². The first-order valence-corrected chi connectivity index (χ1v) is 9.36. The van der Waals surface area contributed by atoms with Gasteiger partial charge in [0.2, 0.25) is 7.37 Å². The summed E-state index contributed by atoms with van der Waals surface area (Å²) in [5, 5.41) is 0. The molecule has 0 heterocycles. The van der Waals surface area contributed by atoms with Crippen molar-refractivity contribution >= 4 is 7.37 Å². The van der Waals surface area contributed by atoms with Crippen molar-refractivity contribution < 1.29 is 9.09 Å². The average Bonchev–Trinajstić information content (AvgIpc) is 3.21. The van der Waals surface area contributed by atoms with Gasteiger partial charge in [-0.3, -0.25) is 4.57 Å². The molecule has 2 unspecified atom stereocenters. The normalized spacial score (nSPS) is 19.9. The van der Waals surface area contributed by atoms with Crippen molar-refractivity contribution in [2.24, 2.45) is 5.92 Å². The molecule has 106 valence electrons. The van der Waals surface area contributed by atoms with Crippen molar-refractivity contribution in [1.29, 1.82) is 0 Å². The molecule has 0 saturated heterocycles. The smallest absolute Gasteiger partial charge is 0.203 e. The highest BCUT2D eigenvalue weighted by molar-refractivity contribution is 7.59. The molecule has 0 spiro atoms. The minimum Gasteiger partial charge on any atom is -0.329 e. The second-order valence-electron chi connectivity index (χ2n) is 5.59. The van der Waals surface area contributed by atoms with Crippen LogP contribution in [0.5, 0.6) is 0 Å². The van der Waals surface area contributed by atoms with E-state index in [1.165, 1.54) is 24.0 Å². The molecular weight excluding hydrogens is 255 g/mol. The van der Waals surface area contributed by atoms with Gasteiger partial charge in [0, 0.05) is 12.3 Å². The van der Waals surface area contributed by atoms with Crippen LogP contribution in [0.15, 0.2) is 24.3 Å². The monoisotopic (exact) mass is 280 g/mol. The Bertz CT molecular complexity index is 466. The van der Waals surface area contributed by atoms with E-state index in [1.807, 2.05) is 13.8 Å². The second kappa shape index (κ2) is 6.24. The van der Waals surface area contributed by atoms with Crippen molar-refractivity contribution in [1.82, 2.24) is 0 Å². The van der Waals surface area contributed by atoms with Crippen LogP contribution in [0, 0.1) is 12.8 Å². The Morgan fingerprint density at radius 1 is 1.37 bits per heavy atom. The van der Waals surface area contributed by atoms with Crippen LogP contribution in [-0.4, -0.2) is 18.9 Å². The molecule has 0 N–H and O–H groups in total. The summed E-state index contributed by atoms with van der Waals surface area (Å²) >= 11 is 0. The molecule has 1 aliphatic carbocycles. The Hall–Kier alpha value is -0.590. The van der Waals surface area contributed by atoms with E-state index in [1.54, 1.807) is 0 Å². The number of benzene rings is 1. The molecule has 0 aromatic heterocycles. The summed E-state index contributed by atoms with van der Waals surface area (Å²) in [6.45, 7) is 6.59. The first-order chi connectivity index (χ1) is 9.08. The largest absolute Gasteiger partial charge is 0.329 e. The Balaban J connectivity index is 2.19. The second-order valence-corrected chi connectivity index (χ2v) is 8.47. The van der Waals surface area contributed by atoms with Gasteiger partial charge in [-0.2, -0.15) is 0 Å². The van der Waals surface area contributed by atoms with Crippen molar-refractivity contribution in [3.05, 3.63) is 35.4 Å². The Morgan fingerprint density at radius 3 is 2.63 bits per heavy atom. The SMILES string of the molecule is CCOP(=O)(CC)CC(c1cccc(C)c1)C1CC1. The maximum atomic E-state index is 12.8. The van der Waals surface area contributed by atoms with Gasteiger partial charge < -0.3 is 4.52 Å². The predicted octanol–water partition coefficient (Wildman–Crippen LogP) is 4.82. The average molecular weight is 280 g/mol. The Morgan fingerprint density at radius 2 is 2.11 bits per heavy atom. The van der Waals surface area contributed by atoms with Crippen LogP contribution in [0.3, 0.4) is 0 Å². The van der Waals surface area contributed by atoms with Gasteiger partial charge in [-0.05, 0) is 44.1 Å². The lowest BCUT2D eigenvalue weighted by Gasteiger charge is -2.23. The van der Waals surface area contributed by atoms with Gasteiger partial charge >= 0.3 is 0 Å². The van der Waals surface area contributed by atoms with Crippen molar-refractivity contribution in [3.8, 4) is 0 Å². The van der Waals surface area contributed by atoms with Gasteiger partial charge in [0.25, 0.3) is 0 Å². The summed E-state index contributed by atoms with van der Waals surface area (Å²) < 4.78 is 18.4. The summed E-state index contributed by atoms with van der Waals surface area (Å²) in [5.74, 6) is 1.12. The summed E-state index contributed by atoms with van der Waals surface area (Å²) in [6, 6.07) is 8.66. The molecule has 0 amide bonds. The third-order valence-corrected chi connectivity index (χ3v) is 6.62. The molecule has 2 atom stereocenters. The number of rotatable bonds is 7. The van der Waals surface area contributed by atoms with Crippen molar-refractivity contribution in [2.75, 3.05) is 18.9 Å². The highest BCUT2D eigenvalue weighted by Crippen LogP contribution is 2.55. The molecule has 1 aromatic carbocycles. The van der Waals surface area contributed by atoms with Gasteiger partial charge in [-0.15, -0.1) is 0 Å². The van der Waals surface area contributed by atoms with Crippen molar-refractivity contribution in [2.45, 2.75) is 39.5 Å². The number of hydrogen-bond donors (Lipinski definition) is 0. The van der Waals surface area contributed by atoms with E-state index in [0.717, 1.165) is 0 Å². The van der Waals surface area contributed by atoms with Crippen molar-refractivity contribution in [3.63, 3.8) is 0 Å². The van der Waals surface area contributed by atoms with E-state index in [9.17, 15) is 4.57 Å². The standard InChI is InChI=1S/C16H25O2P/c1-4-18-19(17,5-2)12-16(14-9-10-14)15-8-6-7-13(3)11-15/h6-8,11,14,16H,4-5,9-10,12H2,1-3H3. The molecule has 3 heteroatoms. The molecule has 2 rings (SSSR count). The molecule has 19 heavy (non-hydrogen) atoms. The maximum Gasteiger partial charge on any atom is 0.203 e. The van der Waals surface area contributed by atoms with Crippen LogP contribution in [0.2, 0.25) is 0 Å². The molecule has 1 saturated carbocycles. The van der Waals surface area contributed by atoms with Gasteiger partial charge in [0.15, 0.2) is 0 Å². The first kappa shape index (κ1) is 14.8. The topological polar surface area (TPSA) is 26.3 Å². The lowest BCUT2D eigenvalue weighted by atomic mass is 9.95. The van der Waals surface area contributed by atoms with E-state index >= 15 is 0 Å². The van der Waals surface area contributed by atoms with Gasteiger partial charge in [-0.1, -0.05) is 36.8 Å². The van der Waals surface area contributed by atoms with Crippen LogP contribution in [-0.2, 0) is 9.09 Å². The highest BCUT2D eigenvalue weighted by Gasteiger charge is 2.37. The molecule has 0 aliphatic heterocycles. The summed E-state index contributed by atoms with van der Waals surface area (Å²) in [4.78, 5) is 0. The minimum absolute atomic E-state index is 0.414. The van der Waals surface area contributed by atoms with E-state index in [2.05, 4.69) is 31.2 Å². The molecule has 0 bridgehead atoms. The first-order valence-electron chi connectivity index (χ1n) is 7.37. The lowest BCUT2D eigenvalue weighted by molar-refractivity contribution is 0.330. The quantitative estimate of drug-likeness (QED) is 0.669. The molecule has 1 aromatic rings. The highest BCUT2D eigenvalue weighted by atomic mass is 31.2. The number of aryl methyl sites for hydroxylation is 1. The Kier molecular flexibility index (Phi) is 4.86. The maximum absolute atomic E-state index is 12.8. The van der Waals surface area contributed by atoms with E-state index < -0.39 is 7.37 Å². The molecular formula is C16H25O2P. The summed E-state index contributed by atoms with van der Waals surface area (Å²) in [5.41, 5.74) is 2.63. The van der Waals surface area contributed by atoms with Crippen LogP contribution >= 0.6 is 7.37 Å². The molecule has 1 aliphatic rings. The fraction of sp³-hybridized carbons (Fsp3) is 0.625. The zero-order valence-electron chi connectivity index (χ0n) is 12.3. The minimum atomic E-state index is -2.45. The lowest BCUT2D eigenvalue weighted by Crippen LogP contribution is -2.10. The predicted molar refractivity (Wildman–Crippen MR) is 81.3 cm³/mol. The van der Waals surface area contributed by atoms with Gasteiger partial charge in [0.05, 0.1) is 6.61 Å². The zero-order chi connectivity index (χ0) is 13.9. The van der Waals surface area contributed by atoms with Crippen LogP contribution in [0.1, 0.15) is 43.7 Å². The third-order valence-electron chi connectivity index (χ3n) is 3.98. The van der Waals surface area contributed by atoms with E-state index in [-0.39, 0.29) is 0 Å². The summed E-state index contributed by atoms with van der Waals surface area (Å²) in [7, 11) is -2.45. The third kappa shape index (κ3) is 3.94. The fourth-order valence-corrected chi connectivity index (χ4v) is 4.86. The number of hydrogen-bond acceptors (Lipinski definition) is 2. The zero-order valence-corrected chi connectivity index (χ0v) is 13.2. The molecule has 0 radical (unpaired) electrons. The van der Waals surface area contributed by atoms with Gasteiger partial charge in [-0.25, -0.2) is 0 Å². The Labute approximate surface area is 117 Å². The van der Waals surface area contributed by atoms with E-state index in [4.69, 9.17) is 4.52 Å². The van der Waals surface area contributed by atoms with Gasteiger partial charge in [0.1, 0.15) is 0 Å². The molecule has 2 nitrogen and oxygen atoms in total. The fourth-order valence-electron chi connectivity index (χ4n) is 2.73. The summed E-state index contributed by atoms with van der Waals surface area (Å²) in [6.07, 6.45) is 3.91.